The molecule has 0 bridgehead atoms. The number of nitrogens with one attached hydrogen (secondary N) is 2. The maximum Gasteiger partial charge on any atom is 0.255 e. The van der Waals surface area contributed by atoms with Crippen molar-refractivity contribution in [1.29, 1.82) is 0 Å². The highest BCUT2D eigenvalue weighted by molar-refractivity contribution is 6.05. The van der Waals surface area contributed by atoms with Gasteiger partial charge in [-0.05, 0) is 42.8 Å². The lowest BCUT2D eigenvalue weighted by Crippen LogP contribution is -2.24. The van der Waals surface area contributed by atoms with E-state index in [0.717, 1.165) is 31.4 Å². The van der Waals surface area contributed by atoms with E-state index in [1.807, 2.05) is 0 Å². The number of anilines is 1. The van der Waals surface area contributed by atoms with Gasteiger partial charge in [-0.25, -0.2) is 13.2 Å². The van der Waals surface area contributed by atoms with E-state index in [9.17, 15) is 22.8 Å². The van der Waals surface area contributed by atoms with Crippen LogP contribution in [-0.4, -0.2) is 18.4 Å². The molecule has 0 fully saturated rings. The SMILES string of the molecule is CCCCCNC(=O)c1ccc(C(=O)Nc2ccc(F)c(F)c2F)cc1. The van der Waals surface area contributed by atoms with Gasteiger partial charge in [0, 0.05) is 17.7 Å². The Labute approximate surface area is 149 Å². The number of amides is 2. The van der Waals surface area contributed by atoms with E-state index in [1.165, 1.54) is 24.3 Å². The molecule has 0 radical (unpaired) electrons. The third kappa shape index (κ3) is 4.84. The molecule has 0 aliphatic carbocycles. The zero-order valence-electron chi connectivity index (χ0n) is 14.2. The highest BCUT2D eigenvalue weighted by Crippen LogP contribution is 2.20. The predicted octanol–water partition coefficient (Wildman–Crippen LogP) is 4.28. The van der Waals surface area contributed by atoms with Gasteiger partial charge in [0.1, 0.15) is 0 Å². The van der Waals surface area contributed by atoms with Crippen LogP contribution >= 0.6 is 0 Å². The van der Waals surface area contributed by atoms with Crippen LogP contribution in [0.4, 0.5) is 18.9 Å². The van der Waals surface area contributed by atoms with Crippen molar-refractivity contribution in [3.05, 3.63) is 65.0 Å². The van der Waals surface area contributed by atoms with E-state index >= 15 is 0 Å². The van der Waals surface area contributed by atoms with E-state index in [-0.39, 0.29) is 11.5 Å². The molecular formula is C19H19F3N2O2. The Morgan fingerprint density at radius 3 is 2.08 bits per heavy atom. The molecule has 4 nitrogen and oxygen atoms in total. The predicted molar refractivity (Wildman–Crippen MR) is 92.6 cm³/mol. The smallest absolute Gasteiger partial charge is 0.255 e. The standard InChI is InChI=1S/C19H19F3N2O2/c1-2-3-4-11-23-18(25)12-5-7-13(8-6-12)19(26)24-15-10-9-14(20)16(21)17(15)22/h5-10H,2-4,11H2,1H3,(H,23,25)(H,24,26). The van der Waals surface area contributed by atoms with Crippen molar-refractivity contribution in [3.8, 4) is 0 Å². The molecule has 2 amide bonds. The first-order valence-corrected chi connectivity index (χ1v) is 8.27. The second-order valence-electron chi connectivity index (χ2n) is 5.72. The summed E-state index contributed by atoms with van der Waals surface area (Å²) in [6, 6.07) is 7.38. The Morgan fingerprint density at radius 1 is 0.846 bits per heavy atom. The first-order chi connectivity index (χ1) is 12.4. The van der Waals surface area contributed by atoms with Crippen LogP contribution in [-0.2, 0) is 0 Å². The van der Waals surface area contributed by atoms with Crippen molar-refractivity contribution in [2.45, 2.75) is 26.2 Å². The molecule has 0 spiro atoms. The van der Waals surface area contributed by atoms with Crippen molar-refractivity contribution in [3.63, 3.8) is 0 Å². The van der Waals surface area contributed by atoms with E-state index in [1.54, 1.807) is 0 Å². The van der Waals surface area contributed by atoms with Crippen LogP contribution in [0.25, 0.3) is 0 Å². The molecule has 0 atom stereocenters. The minimum atomic E-state index is -1.65. The summed E-state index contributed by atoms with van der Waals surface area (Å²) in [4.78, 5) is 24.0. The summed E-state index contributed by atoms with van der Waals surface area (Å²) in [7, 11) is 0. The Hall–Kier alpha value is -2.83. The molecule has 2 rings (SSSR count). The molecule has 0 aliphatic heterocycles. The average Bonchev–Trinajstić information content (AvgIpc) is 2.65. The van der Waals surface area contributed by atoms with Gasteiger partial charge in [0.05, 0.1) is 5.69 Å². The van der Waals surface area contributed by atoms with Crippen LogP contribution in [0.2, 0.25) is 0 Å². The summed E-state index contributed by atoms with van der Waals surface area (Å²) in [5, 5.41) is 4.95. The number of halogens is 3. The molecule has 0 aromatic heterocycles. The average molecular weight is 364 g/mol. The van der Waals surface area contributed by atoms with Crippen LogP contribution in [0.5, 0.6) is 0 Å². The molecule has 0 saturated heterocycles. The van der Waals surface area contributed by atoms with Crippen LogP contribution in [0.3, 0.4) is 0 Å². The lowest BCUT2D eigenvalue weighted by atomic mass is 10.1. The summed E-state index contributed by atoms with van der Waals surface area (Å²) in [6.07, 6.45) is 2.97. The fourth-order valence-corrected chi connectivity index (χ4v) is 2.27. The number of rotatable bonds is 7. The molecule has 26 heavy (non-hydrogen) atoms. The molecule has 2 N–H and O–H groups in total. The zero-order chi connectivity index (χ0) is 19.1. The van der Waals surface area contributed by atoms with Crippen molar-refractivity contribution in [2.75, 3.05) is 11.9 Å². The minimum Gasteiger partial charge on any atom is -0.352 e. The number of unbranched alkanes of at least 4 members (excludes halogenated alkanes) is 2. The van der Waals surface area contributed by atoms with Crippen molar-refractivity contribution < 1.29 is 22.8 Å². The van der Waals surface area contributed by atoms with E-state index in [0.29, 0.717) is 12.1 Å². The topological polar surface area (TPSA) is 58.2 Å². The summed E-state index contributed by atoms with van der Waals surface area (Å²) in [5.74, 6) is -5.42. The van der Waals surface area contributed by atoms with Gasteiger partial charge < -0.3 is 10.6 Å². The van der Waals surface area contributed by atoms with E-state index in [2.05, 4.69) is 17.6 Å². The second kappa shape index (κ2) is 9.03. The highest BCUT2D eigenvalue weighted by Gasteiger charge is 2.16. The Kier molecular flexibility index (Phi) is 6.77. The molecule has 2 aromatic carbocycles. The summed E-state index contributed by atoms with van der Waals surface area (Å²) < 4.78 is 39.7. The van der Waals surface area contributed by atoms with E-state index in [4.69, 9.17) is 0 Å². The van der Waals surface area contributed by atoms with Gasteiger partial charge in [0.15, 0.2) is 17.5 Å². The molecule has 7 heteroatoms. The molecule has 0 saturated carbocycles. The minimum absolute atomic E-state index is 0.150. The van der Waals surface area contributed by atoms with Crippen LogP contribution in [0.15, 0.2) is 36.4 Å². The normalized spacial score (nSPS) is 10.5. The largest absolute Gasteiger partial charge is 0.352 e. The lowest BCUT2D eigenvalue weighted by molar-refractivity contribution is 0.0951. The Balaban J connectivity index is 2.00. The fourth-order valence-electron chi connectivity index (χ4n) is 2.27. The van der Waals surface area contributed by atoms with Gasteiger partial charge in [0.25, 0.3) is 11.8 Å². The molecule has 0 unspecified atom stereocenters. The first-order valence-electron chi connectivity index (χ1n) is 8.27. The number of carbonyl (C=O) groups is 2. The third-order valence-electron chi connectivity index (χ3n) is 3.76. The summed E-state index contributed by atoms with van der Waals surface area (Å²) >= 11 is 0. The summed E-state index contributed by atoms with van der Waals surface area (Å²) in [6.45, 7) is 2.64. The Bertz CT molecular complexity index is 792. The fraction of sp³-hybridized carbons (Fsp3) is 0.263. The third-order valence-corrected chi connectivity index (χ3v) is 3.76. The number of benzene rings is 2. The number of carbonyl (C=O) groups excluding carboxylic acids is 2. The number of hydrogen-bond donors (Lipinski definition) is 2. The van der Waals surface area contributed by atoms with Crippen molar-refractivity contribution in [2.24, 2.45) is 0 Å². The number of hydrogen-bond acceptors (Lipinski definition) is 2. The molecule has 2 aromatic rings. The van der Waals surface area contributed by atoms with E-state index < -0.39 is 29.0 Å². The van der Waals surface area contributed by atoms with Crippen LogP contribution in [0, 0.1) is 17.5 Å². The van der Waals surface area contributed by atoms with Gasteiger partial charge >= 0.3 is 0 Å². The van der Waals surface area contributed by atoms with Gasteiger partial charge in [-0.2, -0.15) is 0 Å². The second-order valence-corrected chi connectivity index (χ2v) is 5.72. The van der Waals surface area contributed by atoms with Gasteiger partial charge in [-0.1, -0.05) is 19.8 Å². The van der Waals surface area contributed by atoms with Crippen LogP contribution < -0.4 is 10.6 Å². The van der Waals surface area contributed by atoms with Gasteiger partial charge in [0.2, 0.25) is 0 Å². The van der Waals surface area contributed by atoms with Crippen molar-refractivity contribution >= 4 is 17.5 Å². The van der Waals surface area contributed by atoms with Crippen molar-refractivity contribution in [1.82, 2.24) is 5.32 Å². The highest BCUT2D eigenvalue weighted by atomic mass is 19.2. The van der Waals surface area contributed by atoms with Crippen LogP contribution in [0.1, 0.15) is 46.9 Å². The molecule has 0 heterocycles. The first kappa shape index (κ1) is 19.5. The summed E-state index contributed by atoms with van der Waals surface area (Å²) in [5.41, 5.74) is 0.0698. The molecule has 138 valence electrons. The zero-order valence-corrected chi connectivity index (χ0v) is 14.2. The quantitative estimate of drug-likeness (QED) is 0.569. The molecular weight excluding hydrogens is 345 g/mol. The molecule has 0 aliphatic rings. The van der Waals surface area contributed by atoms with Gasteiger partial charge in [-0.3, -0.25) is 9.59 Å². The maximum atomic E-state index is 13.6. The maximum absolute atomic E-state index is 13.6. The Morgan fingerprint density at radius 2 is 1.46 bits per heavy atom. The lowest BCUT2D eigenvalue weighted by Gasteiger charge is -2.08. The van der Waals surface area contributed by atoms with Gasteiger partial charge in [-0.15, -0.1) is 0 Å². The monoisotopic (exact) mass is 364 g/mol.